The van der Waals surface area contributed by atoms with Crippen LogP contribution in [0.1, 0.15) is 36.3 Å². The van der Waals surface area contributed by atoms with Crippen molar-refractivity contribution in [2.45, 2.75) is 44.0 Å². The van der Waals surface area contributed by atoms with Crippen LogP contribution in [-0.2, 0) is 25.6 Å². The Morgan fingerprint density at radius 2 is 1.77 bits per heavy atom. The summed E-state index contributed by atoms with van der Waals surface area (Å²) in [5.41, 5.74) is 3.33. The summed E-state index contributed by atoms with van der Waals surface area (Å²) < 4.78 is 29.5. The number of carbonyl (C=O) groups is 1. The van der Waals surface area contributed by atoms with Crippen LogP contribution in [0.15, 0.2) is 42.5 Å². The van der Waals surface area contributed by atoms with Gasteiger partial charge in [0.25, 0.3) is 0 Å². The number of nitrogens with zero attached hydrogens (tertiary/aromatic N) is 2. The summed E-state index contributed by atoms with van der Waals surface area (Å²) in [7, 11) is 3.41. The van der Waals surface area contributed by atoms with Crippen molar-refractivity contribution in [2.24, 2.45) is 0 Å². The highest BCUT2D eigenvalue weighted by molar-refractivity contribution is 5.77. The maximum absolute atomic E-state index is 12.7. The van der Waals surface area contributed by atoms with Crippen LogP contribution in [0.5, 0.6) is 11.5 Å². The molecule has 1 N–H and O–H groups in total. The highest BCUT2D eigenvalue weighted by Gasteiger charge is 2.37. The molecule has 5 rings (SSSR count). The number of hydrogen-bond acceptors (Lipinski definition) is 8. The largest absolute Gasteiger partial charge is 0.497 e. The smallest absolute Gasteiger partial charge is 0.248 e. The summed E-state index contributed by atoms with van der Waals surface area (Å²) in [6.07, 6.45) is 2.79. The number of anilines is 1. The number of hydrogen-bond donors (Lipinski definition) is 1. The van der Waals surface area contributed by atoms with E-state index in [0.29, 0.717) is 26.3 Å². The fourth-order valence-electron chi connectivity index (χ4n) is 5.92. The molecule has 0 saturated carbocycles. The van der Waals surface area contributed by atoms with Gasteiger partial charge >= 0.3 is 0 Å². The molecule has 3 atom stereocenters. The van der Waals surface area contributed by atoms with E-state index < -0.39 is 0 Å². The molecule has 0 bridgehead atoms. The van der Waals surface area contributed by atoms with Crippen molar-refractivity contribution < 1.29 is 28.5 Å². The van der Waals surface area contributed by atoms with Gasteiger partial charge in [-0.25, -0.2) is 0 Å². The van der Waals surface area contributed by atoms with E-state index in [0.717, 1.165) is 80.4 Å². The third-order valence-corrected chi connectivity index (χ3v) is 8.10. The van der Waals surface area contributed by atoms with Gasteiger partial charge in [-0.05, 0) is 54.7 Å². The van der Waals surface area contributed by atoms with Crippen LogP contribution < -0.4 is 19.7 Å². The number of piperidine rings is 1. The van der Waals surface area contributed by atoms with Crippen LogP contribution in [-0.4, -0.2) is 96.3 Å². The minimum Gasteiger partial charge on any atom is -0.497 e. The highest BCUT2D eigenvalue weighted by atomic mass is 16.5. The summed E-state index contributed by atoms with van der Waals surface area (Å²) in [4.78, 5) is 17.0. The van der Waals surface area contributed by atoms with E-state index >= 15 is 0 Å². The predicted octanol–water partition coefficient (Wildman–Crippen LogP) is 3.21. The van der Waals surface area contributed by atoms with Crippen LogP contribution in [0.4, 0.5) is 5.69 Å². The first-order chi connectivity index (χ1) is 19.7. The van der Waals surface area contributed by atoms with Crippen molar-refractivity contribution in [1.29, 1.82) is 0 Å². The second-order valence-electron chi connectivity index (χ2n) is 10.7. The predicted molar refractivity (Wildman–Crippen MR) is 153 cm³/mol. The number of ether oxygens (including phenoxy) is 5. The average Bonchev–Trinajstić information content (AvgIpc) is 3.54. The first-order valence-electron chi connectivity index (χ1n) is 14.5. The molecule has 40 heavy (non-hydrogen) atoms. The molecule has 9 nitrogen and oxygen atoms in total. The monoisotopic (exact) mass is 553 g/mol. The molecule has 0 radical (unpaired) electrons. The fraction of sp³-hybridized carbons (Fsp3) is 0.581. The van der Waals surface area contributed by atoms with Crippen molar-refractivity contribution in [2.75, 3.05) is 78.2 Å². The van der Waals surface area contributed by atoms with Crippen LogP contribution in [0, 0.1) is 0 Å². The van der Waals surface area contributed by atoms with Gasteiger partial charge < -0.3 is 38.8 Å². The molecule has 0 aromatic heterocycles. The number of nitrogens with one attached hydrogen (secondary N) is 1. The maximum atomic E-state index is 12.7. The molecule has 3 heterocycles. The van der Waals surface area contributed by atoms with Crippen molar-refractivity contribution in [1.82, 2.24) is 10.2 Å². The Kier molecular flexibility index (Phi) is 10.2. The number of likely N-dealkylation sites (tertiary alicyclic amines) is 1. The summed E-state index contributed by atoms with van der Waals surface area (Å²) in [5, 5.41) is 3.48. The van der Waals surface area contributed by atoms with Crippen LogP contribution >= 0.6 is 0 Å². The molecule has 3 aliphatic heterocycles. The van der Waals surface area contributed by atoms with E-state index in [4.69, 9.17) is 23.7 Å². The first kappa shape index (κ1) is 28.7. The van der Waals surface area contributed by atoms with Gasteiger partial charge in [-0.2, -0.15) is 0 Å². The Labute approximate surface area is 237 Å². The average molecular weight is 554 g/mol. The minimum atomic E-state index is -0.188. The normalized spacial score (nSPS) is 22.6. The number of benzene rings is 2. The second kappa shape index (κ2) is 14.2. The number of methoxy groups -OCH3 is 2. The molecule has 9 heteroatoms. The molecule has 0 unspecified atom stereocenters. The van der Waals surface area contributed by atoms with Crippen molar-refractivity contribution in [3.8, 4) is 11.5 Å². The Bertz CT molecular complexity index is 1090. The van der Waals surface area contributed by atoms with E-state index in [1.165, 1.54) is 0 Å². The Balaban J connectivity index is 1.29. The molecule has 0 aliphatic carbocycles. The lowest BCUT2D eigenvalue weighted by atomic mass is 9.85. The Morgan fingerprint density at radius 1 is 1.00 bits per heavy atom. The van der Waals surface area contributed by atoms with Crippen LogP contribution in [0.3, 0.4) is 0 Å². The molecule has 2 aromatic rings. The van der Waals surface area contributed by atoms with E-state index in [-0.39, 0.29) is 30.6 Å². The van der Waals surface area contributed by atoms with Gasteiger partial charge in [-0.3, -0.25) is 4.79 Å². The standard InChI is InChI=1S/C31H43N3O6/c1-36-16-5-14-33-15-17-38-27-11-6-23(18-26(27)33)21-39-28-19-32-20-29(40-22-30(35)34-12-3-4-13-34)31(28)24-7-9-25(37-2)10-8-24/h6-11,18,28-29,31-32H,3-5,12-17,19-22H2,1-2H3/t28-,29+,31+/m0/s1. The van der Waals surface area contributed by atoms with Crippen molar-refractivity contribution >= 4 is 11.6 Å². The second-order valence-corrected chi connectivity index (χ2v) is 10.7. The number of rotatable bonds is 12. The number of carbonyl (C=O) groups excluding carboxylic acids is 1. The van der Waals surface area contributed by atoms with Gasteiger partial charge in [0.1, 0.15) is 24.7 Å². The van der Waals surface area contributed by atoms with Gasteiger partial charge in [-0.1, -0.05) is 18.2 Å². The Morgan fingerprint density at radius 3 is 2.52 bits per heavy atom. The zero-order chi connectivity index (χ0) is 27.7. The SMILES string of the molecule is COCCCN1CCOc2ccc(CO[C@H]3CNC[C@@H](OCC(=O)N4CCCC4)[C@@H]3c3ccc(OC)cc3)cc21. The number of amides is 1. The number of fused-ring (bicyclic) bond motifs is 1. The van der Waals surface area contributed by atoms with Gasteiger partial charge in [-0.15, -0.1) is 0 Å². The first-order valence-corrected chi connectivity index (χ1v) is 14.5. The topological polar surface area (TPSA) is 81.7 Å². The van der Waals surface area contributed by atoms with Gasteiger partial charge in [0.15, 0.2) is 0 Å². The van der Waals surface area contributed by atoms with E-state index in [1.54, 1.807) is 14.2 Å². The molecule has 218 valence electrons. The zero-order valence-electron chi connectivity index (χ0n) is 23.8. The lowest BCUT2D eigenvalue weighted by Gasteiger charge is -2.39. The lowest BCUT2D eigenvalue weighted by Crippen LogP contribution is -2.51. The maximum Gasteiger partial charge on any atom is 0.248 e. The molecule has 0 spiro atoms. The molecular weight excluding hydrogens is 510 g/mol. The molecule has 2 fully saturated rings. The summed E-state index contributed by atoms with van der Waals surface area (Å²) >= 11 is 0. The van der Waals surface area contributed by atoms with Crippen molar-refractivity contribution in [3.05, 3.63) is 53.6 Å². The van der Waals surface area contributed by atoms with Gasteiger partial charge in [0.2, 0.25) is 5.91 Å². The molecular formula is C31H43N3O6. The molecule has 3 aliphatic rings. The third kappa shape index (κ3) is 7.07. The van der Waals surface area contributed by atoms with E-state index in [9.17, 15) is 4.79 Å². The van der Waals surface area contributed by atoms with Crippen LogP contribution in [0.2, 0.25) is 0 Å². The van der Waals surface area contributed by atoms with Gasteiger partial charge in [0, 0.05) is 52.4 Å². The van der Waals surface area contributed by atoms with E-state index in [2.05, 4.69) is 34.5 Å². The molecule has 2 saturated heterocycles. The highest BCUT2D eigenvalue weighted by Crippen LogP contribution is 2.35. The summed E-state index contributed by atoms with van der Waals surface area (Å²) in [6.45, 7) is 6.80. The van der Waals surface area contributed by atoms with Gasteiger partial charge in [0.05, 0.1) is 38.2 Å². The minimum absolute atomic E-state index is 0.0231. The third-order valence-electron chi connectivity index (χ3n) is 8.10. The van der Waals surface area contributed by atoms with Crippen LogP contribution in [0.25, 0.3) is 0 Å². The lowest BCUT2D eigenvalue weighted by molar-refractivity contribution is -0.139. The molecule has 2 aromatic carbocycles. The van der Waals surface area contributed by atoms with Crippen molar-refractivity contribution in [3.63, 3.8) is 0 Å². The summed E-state index contributed by atoms with van der Waals surface area (Å²) in [6, 6.07) is 14.4. The molecule has 1 amide bonds. The Hall–Kier alpha value is -2.85. The quantitative estimate of drug-likeness (QED) is 0.402. The zero-order valence-corrected chi connectivity index (χ0v) is 23.8. The van der Waals surface area contributed by atoms with E-state index in [1.807, 2.05) is 23.1 Å². The summed E-state index contributed by atoms with van der Waals surface area (Å²) in [5.74, 6) is 1.77. The fourth-order valence-corrected chi connectivity index (χ4v) is 5.92.